The number of rotatable bonds is 6. The highest BCUT2D eigenvalue weighted by atomic mass is 16.5. The van der Waals surface area contributed by atoms with E-state index in [1.54, 1.807) is 13.2 Å². The Balaban J connectivity index is 1.82. The Kier molecular flexibility index (Phi) is 6.43. The van der Waals surface area contributed by atoms with Crippen molar-refractivity contribution < 1.29 is 23.9 Å². The van der Waals surface area contributed by atoms with E-state index >= 15 is 0 Å². The minimum atomic E-state index is -0.328. The van der Waals surface area contributed by atoms with Crippen molar-refractivity contribution in [2.24, 2.45) is 0 Å². The average Bonchev–Trinajstić information content (AvgIpc) is 2.54. The molecule has 1 heterocycles. The number of benzene rings is 1. The number of ether oxygens (including phenoxy) is 3. The Labute approximate surface area is 131 Å². The molecule has 1 fully saturated rings. The predicted molar refractivity (Wildman–Crippen MR) is 84.0 cm³/mol. The van der Waals surface area contributed by atoms with Crippen molar-refractivity contribution in [3.63, 3.8) is 0 Å². The Morgan fingerprint density at radius 2 is 2.09 bits per heavy atom. The first kappa shape index (κ1) is 16.5. The third kappa shape index (κ3) is 5.16. The van der Waals surface area contributed by atoms with Gasteiger partial charge in [0.25, 0.3) is 0 Å². The van der Waals surface area contributed by atoms with Crippen LogP contribution in [0, 0.1) is 0 Å². The largest absolute Gasteiger partial charge is 0.496 e. The Bertz CT molecular complexity index is 509. The lowest BCUT2D eigenvalue weighted by Crippen LogP contribution is -3.15. The van der Waals surface area contributed by atoms with Crippen molar-refractivity contribution in [1.82, 2.24) is 0 Å². The zero-order chi connectivity index (χ0) is 15.8. The summed E-state index contributed by atoms with van der Waals surface area (Å²) in [5.74, 6) is 0.406. The van der Waals surface area contributed by atoms with Gasteiger partial charge in [-0.05, 0) is 19.1 Å². The second-order valence-electron chi connectivity index (χ2n) is 5.39. The third-order valence-electron chi connectivity index (χ3n) is 3.63. The third-order valence-corrected chi connectivity index (χ3v) is 3.63. The molecule has 0 aliphatic carbocycles. The van der Waals surface area contributed by atoms with Crippen molar-refractivity contribution in [3.8, 4) is 5.75 Å². The van der Waals surface area contributed by atoms with Crippen LogP contribution in [0.5, 0.6) is 5.75 Å². The summed E-state index contributed by atoms with van der Waals surface area (Å²) in [6, 6.07) is 7.54. The van der Waals surface area contributed by atoms with Crippen molar-refractivity contribution >= 4 is 12.0 Å². The van der Waals surface area contributed by atoms with Gasteiger partial charge < -0.3 is 19.1 Å². The Hall–Kier alpha value is -1.85. The van der Waals surface area contributed by atoms with Gasteiger partial charge in [-0.25, -0.2) is 4.79 Å². The van der Waals surface area contributed by atoms with E-state index in [1.807, 2.05) is 31.2 Å². The molecule has 1 unspecified atom stereocenters. The molecule has 1 atom stereocenters. The van der Waals surface area contributed by atoms with Gasteiger partial charge in [-0.3, -0.25) is 0 Å². The number of hydrogen-bond donors (Lipinski definition) is 1. The minimum Gasteiger partial charge on any atom is -0.496 e. The molecule has 1 N–H and O–H groups in total. The molecule has 1 aliphatic rings. The summed E-state index contributed by atoms with van der Waals surface area (Å²) in [6.45, 7) is 6.25. The van der Waals surface area contributed by atoms with E-state index in [2.05, 4.69) is 0 Å². The maximum absolute atomic E-state index is 11.9. The van der Waals surface area contributed by atoms with Crippen LogP contribution in [-0.2, 0) is 14.3 Å². The maximum Gasteiger partial charge on any atom is 0.331 e. The summed E-state index contributed by atoms with van der Waals surface area (Å²) in [7, 11) is 1.61. The summed E-state index contributed by atoms with van der Waals surface area (Å²) in [6.07, 6.45) is 3.06. The molecule has 0 saturated carbocycles. The minimum absolute atomic E-state index is 0.108. The normalized spacial score (nSPS) is 17.4. The number of hydrogen-bond acceptors (Lipinski definition) is 4. The molecule has 0 aromatic heterocycles. The van der Waals surface area contributed by atoms with Crippen LogP contribution < -0.4 is 9.64 Å². The van der Waals surface area contributed by atoms with Gasteiger partial charge in [-0.1, -0.05) is 18.2 Å². The first-order valence-electron chi connectivity index (χ1n) is 7.62. The van der Waals surface area contributed by atoms with Crippen LogP contribution in [0.15, 0.2) is 30.3 Å². The van der Waals surface area contributed by atoms with Crippen LogP contribution in [-0.4, -0.2) is 52.0 Å². The number of carbonyl (C=O) groups is 1. The standard InChI is InChI=1S/C17H23NO4/c1-14(13-18-9-11-21-12-10-18)22-17(19)8-7-15-5-3-4-6-16(15)20-2/h3-8,14H,9-13H2,1-2H3/p+1. The predicted octanol–water partition coefficient (Wildman–Crippen LogP) is 0.555. The topological polar surface area (TPSA) is 49.2 Å². The first-order chi connectivity index (χ1) is 10.7. The fourth-order valence-corrected chi connectivity index (χ4v) is 2.51. The quantitative estimate of drug-likeness (QED) is 0.616. The van der Waals surface area contributed by atoms with Crippen LogP contribution in [0.4, 0.5) is 0 Å². The monoisotopic (exact) mass is 306 g/mol. The van der Waals surface area contributed by atoms with E-state index in [0.717, 1.165) is 44.2 Å². The van der Waals surface area contributed by atoms with Crippen molar-refractivity contribution in [2.45, 2.75) is 13.0 Å². The van der Waals surface area contributed by atoms with E-state index in [9.17, 15) is 4.79 Å². The Morgan fingerprint density at radius 3 is 2.82 bits per heavy atom. The van der Waals surface area contributed by atoms with Crippen molar-refractivity contribution in [2.75, 3.05) is 40.0 Å². The molecule has 22 heavy (non-hydrogen) atoms. The summed E-state index contributed by atoms with van der Waals surface area (Å²) < 4.78 is 16.0. The van der Waals surface area contributed by atoms with Crippen LogP contribution in [0.1, 0.15) is 12.5 Å². The number of nitrogens with one attached hydrogen (secondary N) is 1. The number of carbonyl (C=O) groups excluding carboxylic acids is 1. The van der Waals surface area contributed by atoms with Crippen molar-refractivity contribution in [3.05, 3.63) is 35.9 Å². The summed E-state index contributed by atoms with van der Waals surface area (Å²) in [5, 5.41) is 0. The van der Waals surface area contributed by atoms with Crippen molar-refractivity contribution in [1.29, 1.82) is 0 Å². The summed E-state index contributed by atoms with van der Waals surface area (Å²) in [5.41, 5.74) is 0.855. The van der Waals surface area contributed by atoms with E-state index in [4.69, 9.17) is 14.2 Å². The van der Waals surface area contributed by atoms with Gasteiger partial charge in [0.2, 0.25) is 0 Å². The van der Waals surface area contributed by atoms with Gasteiger partial charge >= 0.3 is 5.97 Å². The van der Waals surface area contributed by atoms with Gasteiger partial charge in [0.1, 0.15) is 31.5 Å². The van der Waals surface area contributed by atoms with Crippen LogP contribution in [0.3, 0.4) is 0 Å². The van der Waals surface area contributed by atoms with Gasteiger partial charge in [-0.2, -0.15) is 0 Å². The smallest absolute Gasteiger partial charge is 0.331 e. The molecular formula is C17H24NO4+. The molecule has 120 valence electrons. The van der Waals surface area contributed by atoms with E-state index in [0.29, 0.717) is 0 Å². The molecule has 1 saturated heterocycles. The highest BCUT2D eigenvalue weighted by Crippen LogP contribution is 2.18. The van der Waals surface area contributed by atoms with Gasteiger partial charge in [0, 0.05) is 11.6 Å². The summed E-state index contributed by atoms with van der Waals surface area (Å²) >= 11 is 0. The molecular weight excluding hydrogens is 282 g/mol. The number of quaternary nitrogens is 1. The van der Waals surface area contributed by atoms with Gasteiger partial charge in [-0.15, -0.1) is 0 Å². The number of esters is 1. The second-order valence-corrected chi connectivity index (χ2v) is 5.39. The Morgan fingerprint density at radius 1 is 1.36 bits per heavy atom. The second kappa shape index (κ2) is 8.56. The lowest BCUT2D eigenvalue weighted by atomic mass is 10.2. The highest BCUT2D eigenvalue weighted by Gasteiger charge is 2.18. The lowest BCUT2D eigenvalue weighted by molar-refractivity contribution is -0.910. The van der Waals surface area contributed by atoms with Crippen LogP contribution in [0.25, 0.3) is 6.08 Å². The molecule has 5 heteroatoms. The zero-order valence-corrected chi connectivity index (χ0v) is 13.2. The molecule has 0 bridgehead atoms. The molecule has 1 aliphatic heterocycles. The molecule has 0 amide bonds. The first-order valence-corrected chi connectivity index (χ1v) is 7.62. The number of para-hydroxylation sites is 1. The van der Waals surface area contributed by atoms with Gasteiger partial charge in [0.05, 0.1) is 20.3 Å². The molecule has 0 radical (unpaired) electrons. The molecule has 1 aromatic carbocycles. The molecule has 1 aromatic rings. The van der Waals surface area contributed by atoms with E-state index in [-0.39, 0.29) is 12.1 Å². The number of methoxy groups -OCH3 is 1. The number of morpholine rings is 1. The average molecular weight is 306 g/mol. The fraction of sp³-hybridized carbons (Fsp3) is 0.471. The maximum atomic E-state index is 11.9. The lowest BCUT2D eigenvalue weighted by Gasteiger charge is -2.25. The zero-order valence-electron chi connectivity index (χ0n) is 13.2. The van der Waals surface area contributed by atoms with Crippen LogP contribution >= 0.6 is 0 Å². The molecule has 5 nitrogen and oxygen atoms in total. The van der Waals surface area contributed by atoms with E-state index in [1.165, 1.54) is 11.0 Å². The van der Waals surface area contributed by atoms with Gasteiger partial charge in [0.15, 0.2) is 0 Å². The summed E-state index contributed by atoms with van der Waals surface area (Å²) in [4.78, 5) is 13.3. The molecule has 2 rings (SSSR count). The van der Waals surface area contributed by atoms with Crippen LogP contribution in [0.2, 0.25) is 0 Å². The highest BCUT2D eigenvalue weighted by molar-refractivity contribution is 5.87. The molecule has 0 spiro atoms. The fourth-order valence-electron chi connectivity index (χ4n) is 2.51. The SMILES string of the molecule is COc1ccccc1C=CC(=O)OC(C)C[NH+]1CCOCC1. The van der Waals surface area contributed by atoms with E-state index < -0.39 is 0 Å².